The maximum Gasteiger partial charge on any atom is 0.0541 e. The molecule has 2 nitrogen and oxygen atoms in total. The summed E-state index contributed by atoms with van der Waals surface area (Å²) < 4.78 is 2.38. The Bertz CT molecular complexity index is 3250. The summed E-state index contributed by atoms with van der Waals surface area (Å²) in [5.41, 5.74) is 16.3. The highest BCUT2D eigenvalue weighted by molar-refractivity contribution is 6.09. The van der Waals surface area contributed by atoms with E-state index in [1.54, 1.807) is 0 Å². The van der Waals surface area contributed by atoms with Crippen molar-refractivity contribution in [2.75, 3.05) is 4.90 Å². The third-order valence-electron chi connectivity index (χ3n) is 11.8. The van der Waals surface area contributed by atoms with Gasteiger partial charge in [0, 0.05) is 33.4 Å². The molecule has 0 aliphatic heterocycles. The van der Waals surface area contributed by atoms with Gasteiger partial charge in [-0.1, -0.05) is 182 Å². The number of rotatable bonds is 8. The van der Waals surface area contributed by atoms with Crippen LogP contribution in [0.5, 0.6) is 0 Å². The molecule has 10 aromatic carbocycles. The van der Waals surface area contributed by atoms with Gasteiger partial charge in [-0.05, 0) is 110 Å². The quantitative estimate of drug-likeness (QED) is 0.150. The van der Waals surface area contributed by atoms with Crippen molar-refractivity contribution in [2.45, 2.75) is 0 Å². The first-order chi connectivity index (χ1) is 29.8. The number of fused-ring (bicyclic) bond motifs is 4. The summed E-state index contributed by atoms with van der Waals surface area (Å²) in [6, 6.07) is 87.9. The van der Waals surface area contributed by atoms with E-state index in [0.717, 1.165) is 28.3 Å². The van der Waals surface area contributed by atoms with Crippen LogP contribution in [0, 0.1) is 0 Å². The van der Waals surface area contributed by atoms with Crippen molar-refractivity contribution < 1.29 is 0 Å². The molecule has 0 radical (unpaired) electrons. The van der Waals surface area contributed by atoms with Gasteiger partial charge in [-0.2, -0.15) is 0 Å². The summed E-state index contributed by atoms with van der Waals surface area (Å²) in [7, 11) is 0. The van der Waals surface area contributed by atoms with Gasteiger partial charge in [-0.15, -0.1) is 0 Å². The molecule has 2 heteroatoms. The van der Waals surface area contributed by atoms with E-state index in [1.807, 2.05) is 0 Å². The molecule has 282 valence electrons. The Morgan fingerprint density at radius 3 is 1.42 bits per heavy atom. The average Bonchev–Trinajstić information content (AvgIpc) is 3.67. The molecular weight excluding hydrogens is 725 g/mol. The van der Waals surface area contributed by atoms with Gasteiger partial charge in [-0.3, -0.25) is 0 Å². The molecule has 0 aliphatic carbocycles. The molecule has 0 spiro atoms. The molecule has 1 heterocycles. The lowest BCUT2D eigenvalue weighted by Crippen LogP contribution is -2.11. The Hall–Kier alpha value is -7.94. The number of hydrogen-bond acceptors (Lipinski definition) is 1. The molecule has 0 saturated carbocycles. The molecule has 60 heavy (non-hydrogen) atoms. The Labute approximate surface area is 350 Å². The van der Waals surface area contributed by atoms with Crippen LogP contribution in [-0.4, -0.2) is 4.57 Å². The van der Waals surface area contributed by atoms with Gasteiger partial charge in [0.25, 0.3) is 0 Å². The fourth-order valence-electron chi connectivity index (χ4n) is 8.99. The maximum absolute atomic E-state index is 2.41. The van der Waals surface area contributed by atoms with E-state index in [1.165, 1.54) is 71.5 Å². The molecule has 1 aromatic heterocycles. The summed E-state index contributed by atoms with van der Waals surface area (Å²) in [4.78, 5) is 2.41. The van der Waals surface area contributed by atoms with Crippen molar-refractivity contribution >= 4 is 49.6 Å². The van der Waals surface area contributed by atoms with Crippen molar-refractivity contribution in [1.82, 2.24) is 4.57 Å². The Kier molecular flexibility index (Phi) is 8.87. The van der Waals surface area contributed by atoms with Crippen LogP contribution in [0.25, 0.3) is 82.8 Å². The third kappa shape index (κ3) is 6.23. The van der Waals surface area contributed by atoms with E-state index < -0.39 is 0 Å². The van der Waals surface area contributed by atoms with Crippen LogP contribution in [0.1, 0.15) is 0 Å². The fraction of sp³-hybridized carbons (Fsp3) is 0. The Balaban J connectivity index is 1.07. The lowest BCUT2D eigenvalue weighted by atomic mass is 9.88. The third-order valence-corrected chi connectivity index (χ3v) is 11.8. The highest BCUT2D eigenvalue weighted by Crippen LogP contribution is 2.46. The van der Waals surface area contributed by atoms with Crippen LogP contribution in [0.3, 0.4) is 0 Å². The molecule has 0 N–H and O–H groups in total. The van der Waals surface area contributed by atoms with Gasteiger partial charge in [0.15, 0.2) is 0 Å². The van der Waals surface area contributed by atoms with Crippen LogP contribution in [0.2, 0.25) is 0 Å². The molecular formula is C58H40N2. The van der Waals surface area contributed by atoms with E-state index in [9.17, 15) is 0 Å². The second-order valence-corrected chi connectivity index (χ2v) is 15.3. The number of para-hydroxylation sites is 3. The first kappa shape index (κ1) is 35.2. The molecule has 0 bridgehead atoms. The zero-order chi connectivity index (χ0) is 39.8. The van der Waals surface area contributed by atoms with E-state index in [4.69, 9.17) is 0 Å². The summed E-state index contributed by atoms with van der Waals surface area (Å²) in [5, 5.41) is 5.00. The largest absolute Gasteiger partial charge is 0.310 e. The van der Waals surface area contributed by atoms with Crippen molar-refractivity contribution in [3.63, 3.8) is 0 Å². The SMILES string of the molecule is c1ccc(-c2ccccc2-c2ccccc2-c2ccccc2N(c2ccc(-c3ccc4ccccc4c3)cc2)c2ccc(-n3c4ccccc4c4ccccc43)cc2)cc1. The molecule has 11 rings (SSSR count). The highest BCUT2D eigenvalue weighted by Gasteiger charge is 2.21. The second-order valence-electron chi connectivity index (χ2n) is 15.3. The van der Waals surface area contributed by atoms with Crippen molar-refractivity contribution in [1.29, 1.82) is 0 Å². The molecule has 11 aromatic rings. The van der Waals surface area contributed by atoms with Crippen LogP contribution >= 0.6 is 0 Å². The lowest BCUT2D eigenvalue weighted by Gasteiger charge is -2.29. The normalized spacial score (nSPS) is 11.3. The van der Waals surface area contributed by atoms with E-state index in [0.29, 0.717) is 0 Å². The Morgan fingerprint density at radius 1 is 0.283 bits per heavy atom. The second kappa shape index (κ2) is 15.1. The molecule has 0 unspecified atom stereocenters. The average molecular weight is 765 g/mol. The first-order valence-electron chi connectivity index (χ1n) is 20.6. The minimum atomic E-state index is 1.08. The van der Waals surface area contributed by atoms with E-state index in [-0.39, 0.29) is 0 Å². The number of hydrogen-bond donors (Lipinski definition) is 0. The van der Waals surface area contributed by atoms with Gasteiger partial charge in [-0.25, -0.2) is 0 Å². The summed E-state index contributed by atoms with van der Waals surface area (Å²) in [6.07, 6.45) is 0. The van der Waals surface area contributed by atoms with Gasteiger partial charge in [0.05, 0.1) is 16.7 Å². The van der Waals surface area contributed by atoms with Crippen molar-refractivity contribution in [3.8, 4) is 50.2 Å². The zero-order valence-corrected chi connectivity index (χ0v) is 33.0. The smallest absolute Gasteiger partial charge is 0.0541 e. The number of benzene rings is 10. The van der Waals surface area contributed by atoms with Crippen molar-refractivity contribution in [2.24, 2.45) is 0 Å². The van der Waals surface area contributed by atoms with E-state index in [2.05, 4.69) is 252 Å². The highest BCUT2D eigenvalue weighted by atomic mass is 15.1. The predicted octanol–water partition coefficient (Wildman–Crippen LogP) is 16.1. The van der Waals surface area contributed by atoms with Gasteiger partial charge in [0.1, 0.15) is 0 Å². The van der Waals surface area contributed by atoms with Crippen molar-refractivity contribution in [3.05, 3.63) is 243 Å². The summed E-state index contributed by atoms with van der Waals surface area (Å²) in [6.45, 7) is 0. The molecule has 0 aliphatic rings. The van der Waals surface area contributed by atoms with Crippen LogP contribution in [0.4, 0.5) is 17.1 Å². The van der Waals surface area contributed by atoms with Gasteiger partial charge < -0.3 is 9.47 Å². The number of nitrogens with zero attached hydrogens (tertiary/aromatic N) is 2. The minimum Gasteiger partial charge on any atom is -0.310 e. The minimum absolute atomic E-state index is 1.08. The standard InChI is InChI=1S/C58H40N2/c1-2-17-43(18-3-1)49-20-6-7-21-50(49)51-22-8-9-23-52(51)53-24-10-13-27-56(53)59(46-34-32-42(33-35-46)45-31-30-41-16-4-5-19-44(41)40-45)47-36-38-48(39-37-47)60-57-28-14-11-25-54(57)55-26-12-15-29-58(55)60/h1-40H. The molecule has 0 atom stereocenters. The van der Waals surface area contributed by atoms with Crippen LogP contribution in [-0.2, 0) is 0 Å². The van der Waals surface area contributed by atoms with Gasteiger partial charge in [0.2, 0.25) is 0 Å². The number of anilines is 3. The fourth-order valence-corrected chi connectivity index (χ4v) is 8.99. The lowest BCUT2D eigenvalue weighted by molar-refractivity contribution is 1.17. The monoisotopic (exact) mass is 764 g/mol. The predicted molar refractivity (Wildman–Crippen MR) is 255 cm³/mol. The topological polar surface area (TPSA) is 8.17 Å². The summed E-state index contributed by atoms with van der Waals surface area (Å²) in [5.74, 6) is 0. The Morgan fingerprint density at radius 2 is 0.750 bits per heavy atom. The van der Waals surface area contributed by atoms with Crippen LogP contribution in [0.15, 0.2) is 243 Å². The van der Waals surface area contributed by atoms with Crippen LogP contribution < -0.4 is 4.90 Å². The maximum atomic E-state index is 2.41. The molecule has 0 saturated heterocycles. The summed E-state index contributed by atoms with van der Waals surface area (Å²) >= 11 is 0. The number of aromatic nitrogens is 1. The molecule has 0 fully saturated rings. The molecule has 0 amide bonds. The van der Waals surface area contributed by atoms with E-state index >= 15 is 0 Å². The van der Waals surface area contributed by atoms with Gasteiger partial charge >= 0.3 is 0 Å². The first-order valence-corrected chi connectivity index (χ1v) is 20.6. The zero-order valence-electron chi connectivity index (χ0n) is 33.0.